The van der Waals surface area contributed by atoms with Gasteiger partial charge in [-0.25, -0.2) is 4.99 Å². The number of nitrogens with one attached hydrogen (secondary N) is 2. The van der Waals surface area contributed by atoms with Crippen LogP contribution in [0, 0.1) is 0 Å². The zero-order valence-corrected chi connectivity index (χ0v) is 15.9. The molecule has 0 spiro atoms. The van der Waals surface area contributed by atoms with E-state index in [0.29, 0.717) is 12.6 Å². The van der Waals surface area contributed by atoms with Crippen molar-refractivity contribution in [3.8, 4) is 5.75 Å². The van der Waals surface area contributed by atoms with E-state index in [1.54, 1.807) is 0 Å². The molecule has 1 saturated heterocycles. The zero-order valence-electron chi connectivity index (χ0n) is 15.9. The van der Waals surface area contributed by atoms with Crippen molar-refractivity contribution in [2.75, 3.05) is 45.9 Å². The molecule has 144 valence electrons. The Kier molecular flexibility index (Phi) is 7.58. The molecule has 0 unspecified atom stereocenters. The van der Waals surface area contributed by atoms with Crippen LogP contribution in [0.25, 0.3) is 0 Å². The predicted molar refractivity (Wildman–Crippen MR) is 105 cm³/mol. The zero-order chi connectivity index (χ0) is 18.0. The van der Waals surface area contributed by atoms with Crippen molar-refractivity contribution in [2.24, 2.45) is 4.99 Å². The molecule has 1 saturated carbocycles. The third-order valence-electron chi connectivity index (χ3n) is 4.89. The van der Waals surface area contributed by atoms with Gasteiger partial charge in [0.25, 0.3) is 0 Å². The molecule has 0 atom stereocenters. The molecule has 3 rings (SSSR count). The van der Waals surface area contributed by atoms with Gasteiger partial charge in [-0.15, -0.1) is 0 Å². The van der Waals surface area contributed by atoms with Crippen LogP contribution in [0.15, 0.2) is 29.3 Å². The summed E-state index contributed by atoms with van der Waals surface area (Å²) in [7, 11) is 0. The summed E-state index contributed by atoms with van der Waals surface area (Å²) >= 11 is 0. The first kappa shape index (κ1) is 19.0. The van der Waals surface area contributed by atoms with Crippen molar-refractivity contribution in [2.45, 2.75) is 38.8 Å². The largest absolute Gasteiger partial charge is 0.490 e. The lowest BCUT2D eigenvalue weighted by Gasteiger charge is -2.27. The van der Waals surface area contributed by atoms with Crippen molar-refractivity contribution < 1.29 is 9.47 Å². The number of ether oxygens (including phenoxy) is 2. The van der Waals surface area contributed by atoms with E-state index in [-0.39, 0.29) is 0 Å². The first-order valence-electron chi connectivity index (χ1n) is 9.92. The van der Waals surface area contributed by atoms with E-state index in [0.717, 1.165) is 63.2 Å². The third-order valence-corrected chi connectivity index (χ3v) is 4.89. The van der Waals surface area contributed by atoms with Crippen molar-refractivity contribution in [1.82, 2.24) is 15.5 Å². The highest BCUT2D eigenvalue weighted by molar-refractivity contribution is 5.79. The summed E-state index contributed by atoms with van der Waals surface area (Å²) in [5, 5.41) is 6.76. The molecule has 26 heavy (non-hydrogen) atoms. The van der Waals surface area contributed by atoms with Crippen LogP contribution in [0.2, 0.25) is 0 Å². The normalized spacial score (nSPS) is 19.0. The molecule has 0 bridgehead atoms. The molecule has 6 heteroatoms. The second-order valence-electron chi connectivity index (χ2n) is 6.85. The Hall–Kier alpha value is -1.79. The van der Waals surface area contributed by atoms with Crippen LogP contribution in [0.4, 0.5) is 0 Å². The summed E-state index contributed by atoms with van der Waals surface area (Å²) in [5.74, 6) is 1.84. The van der Waals surface area contributed by atoms with Crippen LogP contribution in [-0.4, -0.2) is 62.9 Å². The van der Waals surface area contributed by atoms with E-state index in [4.69, 9.17) is 14.5 Å². The topological polar surface area (TPSA) is 58.1 Å². The highest BCUT2D eigenvalue weighted by Crippen LogP contribution is 2.27. The van der Waals surface area contributed by atoms with E-state index in [1.807, 2.05) is 6.07 Å². The fraction of sp³-hybridized carbons (Fsp3) is 0.650. The average molecular weight is 361 g/mol. The maximum Gasteiger partial charge on any atom is 0.191 e. The molecule has 1 aliphatic heterocycles. The summed E-state index contributed by atoms with van der Waals surface area (Å²) in [6.45, 7) is 9.16. The lowest BCUT2D eigenvalue weighted by Crippen LogP contribution is -2.44. The second kappa shape index (κ2) is 10.4. The van der Waals surface area contributed by atoms with E-state index in [1.165, 1.54) is 19.3 Å². The van der Waals surface area contributed by atoms with Crippen LogP contribution in [-0.2, 0) is 11.3 Å². The lowest BCUT2D eigenvalue weighted by atomic mass is 9.96. The van der Waals surface area contributed by atoms with E-state index >= 15 is 0 Å². The van der Waals surface area contributed by atoms with Gasteiger partial charge in [-0.2, -0.15) is 0 Å². The number of rotatable bonds is 8. The van der Waals surface area contributed by atoms with Crippen LogP contribution in [0.3, 0.4) is 0 Å². The van der Waals surface area contributed by atoms with Gasteiger partial charge in [-0.3, -0.25) is 4.90 Å². The molecule has 1 heterocycles. The van der Waals surface area contributed by atoms with Crippen LogP contribution in [0.1, 0.15) is 31.7 Å². The highest BCUT2D eigenvalue weighted by atomic mass is 16.5. The van der Waals surface area contributed by atoms with E-state index in [2.05, 4.69) is 40.7 Å². The minimum atomic E-state index is 0.389. The van der Waals surface area contributed by atoms with Gasteiger partial charge in [0.1, 0.15) is 5.75 Å². The van der Waals surface area contributed by atoms with Gasteiger partial charge in [0.05, 0.1) is 25.9 Å². The van der Waals surface area contributed by atoms with Gasteiger partial charge in [0, 0.05) is 38.3 Å². The van der Waals surface area contributed by atoms with Crippen LogP contribution < -0.4 is 15.4 Å². The Labute approximate surface area is 157 Å². The first-order chi connectivity index (χ1) is 12.8. The maximum atomic E-state index is 6.11. The summed E-state index contributed by atoms with van der Waals surface area (Å²) in [4.78, 5) is 7.17. The molecule has 2 fully saturated rings. The fourth-order valence-corrected chi connectivity index (χ4v) is 3.08. The van der Waals surface area contributed by atoms with Gasteiger partial charge >= 0.3 is 0 Å². The molecule has 1 aliphatic carbocycles. The second-order valence-corrected chi connectivity index (χ2v) is 6.85. The minimum Gasteiger partial charge on any atom is -0.490 e. The summed E-state index contributed by atoms with van der Waals surface area (Å²) in [6, 6.07) is 8.25. The van der Waals surface area contributed by atoms with Gasteiger partial charge in [-0.1, -0.05) is 18.2 Å². The average Bonchev–Trinajstić information content (AvgIpc) is 2.64. The number of hydrogen-bond acceptors (Lipinski definition) is 4. The standard InChI is InChI=1S/C20H32N4O2/c1-2-21-20(22-10-11-24-12-14-25-15-13-24)23-16-17-6-3-4-9-19(17)26-18-7-5-8-18/h3-4,6,9,18H,2,5,7-8,10-16H2,1H3,(H2,21,22,23). The summed E-state index contributed by atoms with van der Waals surface area (Å²) in [5.41, 5.74) is 1.14. The van der Waals surface area contributed by atoms with Crippen molar-refractivity contribution in [1.29, 1.82) is 0 Å². The number of aliphatic imine (C=N–C) groups is 1. The van der Waals surface area contributed by atoms with Gasteiger partial charge < -0.3 is 20.1 Å². The molecule has 0 aromatic heterocycles. The minimum absolute atomic E-state index is 0.389. The van der Waals surface area contributed by atoms with Gasteiger partial charge in [-0.05, 0) is 32.3 Å². The highest BCUT2D eigenvalue weighted by Gasteiger charge is 2.20. The van der Waals surface area contributed by atoms with E-state index in [9.17, 15) is 0 Å². The number of para-hydroxylation sites is 1. The molecule has 1 aromatic carbocycles. The molecular formula is C20H32N4O2. The van der Waals surface area contributed by atoms with Crippen LogP contribution >= 0.6 is 0 Å². The fourth-order valence-electron chi connectivity index (χ4n) is 3.08. The molecule has 0 radical (unpaired) electrons. The summed E-state index contributed by atoms with van der Waals surface area (Å²) in [6.07, 6.45) is 4.01. The first-order valence-corrected chi connectivity index (χ1v) is 9.92. The molecule has 0 amide bonds. The maximum absolute atomic E-state index is 6.11. The Bertz CT molecular complexity index is 569. The lowest BCUT2D eigenvalue weighted by molar-refractivity contribution is 0.0389. The smallest absolute Gasteiger partial charge is 0.191 e. The molecular weight excluding hydrogens is 328 g/mol. The van der Waals surface area contributed by atoms with Crippen molar-refractivity contribution >= 4 is 5.96 Å². The van der Waals surface area contributed by atoms with Gasteiger partial charge in [0.2, 0.25) is 0 Å². The molecule has 2 aliphatic rings. The Morgan fingerprint density at radius 3 is 2.77 bits per heavy atom. The van der Waals surface area contributed by atoms with Crippen LogP contribution in [0.5, 0.6) is 5.75 Å². The van der Waals surface area contributed by atoms with Crippen molar-refractivity contribution in [3.63, 3.8) is 0 Å². The quantitative estimate of drug-likeness (QED) is 0.549. The number of guanidine groups is 1. The molecule has 6 nitrogen and oxygen atoms in total. The van der Waals surface area contributed by atoms with Gasteiger partial charge in [0.15, 0.2) is 5.96 Å². The summed E-state index contributed by atoms with van der Waals surface area (Å²) < 4.78 is 11.5. The molecule has 1 aromatic rings. The Balaban J connectivity index is 1.51. The number of morpholine rings is 1. The monoisotopic (exact) mass is 360 g/mol. The number of hydrogen-bond donors (Lipinski definition) is 2. The predicted octanol–water partition coefficient (Wildman–Crippen LogP) is 2.01. The molecule has 2 N–H and O–H groups in total. The number of benzene rings is 1. The Morgan fingerprint density at radius 2 is 2.04 bits per heavy atom. The Morgan fingerprint density at radius 1 is 1.23 bits per heavy atom. The third kappa shape index (κ3) is 5.88. The number of nitrogens with zero attached hydrogens (tertiary/aromatic N) is 2. The van der Waals surface area contributed by atoms with Crippen molar-refractivity contribution in [3.05, 3.63) is 29.8 Å². The van der Waals surface area contributed by atoms with E-state index < -0.39 is 0 Å². The SMILES string of the molecule is CCNC(=NCc1ccccc1OC1CCC1)NCCN1CCOCC1.